The fourth-order valence-corrected chi connectivity index (χ4v) is 1.60. The van der Waals surface area contributed by atoms with Crippen molar-refractivity contribution in [3.8, 4) is 0 Å². The molecule has 0 spiro atoms. The molecule has 1 unspecified atom stereocenters. The molecular weight excluding hydrogens is 172 g/mol. The minimum Gasteiger partial charge on any atom is -0.327 e. The highest BCUT2D eigenvalue weighted by molar-refractivity contribution is 4.82. The van der Waals surface area contributed by atoms with Gasteiger partial charge in [-0.15, -0.1) is 13.2 Å². The summed E-state index contributed by atoms with van der Waals surface area (Å²) in [7, 11) is 0. The maximum Gasteiger partial charge on any atom is 0.0170 e. The van der Waals surface area contributed by atoms with Crippen molar-refractivity contribution in [3.63, 3.8) is 0 Å². The van der Waals surface area contributed by atoms with Crippen LogP contribution in [0.4, 0.5) is 0 Å². The summed E-state index contributed by atoms with van der Waals surface area (Å²) in [4.78, 5) is 2.26. The van der Waals surface area contributed by atoms with Gasteiger partial charge in [0.25, 0.3) is 0 Å². The van der Waals surface area contributed by atoms with Gasteiger partial charge in [0.15, 0.2) is 0 Å². The summed E-state index contributed by atoms with van der Waals surface area (Å²) >= 11 is 0. The fraction of sp³-hybridized carbons (Fsp3) is 0.667. The molecule has 2 nitrogen and oxygen atoms in total. The molecule has 0 aliphatic rings. The molecule has 82 valence electrons. The highest BCUT2D eigenvalue weighted by Gasteiger charge is 2.09. The Labute approximate surface area is 88.5 Å². The van der Waals surface area contributed by atoms with Crippen molar-refractivity contribution in [2.45, 2.75) is 26.3 Å². The van der Waals surface area contributed by atoms with Crippen molar-refractivity contribution >= 4 is 0 Å². The quantitative estimate of drug-likeness (QED) is 0.602. The zero-order valence-corrected chi connectivity index (χ0v) is 9.58. The van der Waals surface area contributed by atoms with Gasteiger partial charge in [-0.25, -0.2) is 0 Å². The van der Waals surface area contributed by atoms with Gasteiger partial charge in [-0.3, -0.25) is 4.90 Å². The van der Waals surface area contributed by atoms with E-state index in [1.54, 1.807) is 0 Å². The average Bonchev–Trinajstić information content (AvgIpc) is 2.03. The van der Waals surface area contributed by atoms with E-state index in [0.29, 0.717) is 5.92 Å². The smallest absolute Gasteiger partial charge is 0.0170 e. The maximum atomic E-state index is 6.03. The molecule has 0 fully saturated rings. The second-order valence-electron chi connectivity index (χ2n) is 4.19. The first kappa shape index (κ1) is 13.4. The van der Waals surface area contributed by atoms with E-state index in [1.165, 1.54) is 0 Å². The summed E-state index contributed by atoms with van der Waals surface area (Å²) in [5, 5.41) is 0. The highest BCUT2D eigenvalue weighted by Crippen LogP contribution is 2.04. The van der Waals surface area contributed by atoms with Gasteiger partial charge in [0.2, 0.25) is 0 Å². The lowest BCUT2D eigenvalue weighted by Gasteiger charge is -2.23. The molecule has 1 atom stereocenters. The lowest BCUT2D eigenvalue weighted by Crippen LogP contribution is -2.38. The number of hydrogen-bond acceptors (Lipinski definition) is 2. The van der Waals surface area contributed by atoms with Crippen LogP contribution in [0.15, 0.2) is 25.3 Å². The second-order valence-corrected chi connectivity index (χ2v) is 4.19. The third-order valence-electron chi connectivity index (χ3n) is 2.04. The number of nitrogens with zero attached hydrogens (tertiary/aromatic N) is 1. The Morgan fingerprint density at radius 3 is 2.07 bits per heavy atom. The first-order chi connectivity index (χ1) is 6.60. The molecule has 0 heterocycles. The lowest BCUT2D eigenvalue weighted by molar-refractivity contribution is 0.293. The Kier molecular flexibility index (Phi) is 7.44. The Hall–Kier alpha value is -0.600. The standard InChI is InChI=1S/C12H24N2/c1-5-7-14(8-6-2)10-12(13)9-11(3)4/h5-6,11-12H,1-2,7-10,13H2,3-4H3. The van der Waals surface area contributed by atoms with E-state index in [4.69, 9.17) is 5.73 Å². The van der Waals surface area contributed by atoms with Gasteiger partial charge < -0.3 is 5.73 Å². The molecule has 0 radical (unpaired) electrons. The van der Waals surface area contributed by atoms with Crippen LogP contribution in [0.2, 0.25) is 0 Å². The lowest BCUT2D eigenvalue weighted by atomic mass is 10.0. The third-order valence-corrected chi connectivity index (χ3v) is 2.04. The summed E-state index contributed by atoms with van der Waals surface area (Å²) in [6, 6.07) is 0.259. The topological polar surface area (TPSA) is 29.3 Å². The Morgan fingerprint density at radius 1 is 1.21 bits per heavy atom. The average molecular weight is 196 g/mol. The van der Waals surface area contributed by atoms with E-state index < -0.39 is 0 Å². The zero-order chi connectivity index (χ0) is 11.0. The van der Waals surface area contributed by atoms with Gasteiger partial charge >= 0.3 is 0 Å². The molecule has 0 aromatic carbocycles. The van der Waals surface area contributed by atoms with Crippen molar-refractivity contribution in [2.24, 2.45) is 11.7 Å². The number of hydrogen-bond donors (Lipinski definition) is 1. The molecule has 0 rings (SSSR count). The van der Waals surface area contributed by atoms with Gasteiger partial charge in [-0.05, 0) is 12.3 Å². The van der Waals surface area contributed by atoms with E-state index in [2.05, 4.69) is 31.9 Å². The summed E-state index contributed by atoms with van der Waals surface area (Å²) in [5.41, 5.74) is 6.03. The van der Waals surface area contributed by atoms with Crippen molar-refractivity contribution < 1.29 is 0 Å². The molecule has 14 heavy (non-hydrogen) atoms. The van der Waals surface area contributed by atoms with Crippen LogP contribution >= 0.6 is 0 Å². The highest BCUT2D eigenvalue weighted by atomic mass is 15.1. The predicted molar refractivity (Wildman–Crippen MR) is 64.3 cm³/mol. The maximum absolute atomic E-state index is 6.03. The largest absolute Gasteiger partial charge is 0.327 e. The summed E-state index contributed by atoms with van der Waals surface area (Å²) in [6.07, 6.45) is 4.89. The van der Waals surface area contributed by atoms with Gasteiger partial charge in [0.05, 0.1) is 0 Å². The van der Waals surface area contributed by atoms with Crippen LogP contribution in [0, 0.1) is 5.92 Å². The number of nitrogens with two attached hydrogens (primary N) is 1. The SMILES string of the molecule is C=CCN(CC=C)CC(N)CC(C)C. The summed E-state index contributed by atoms with van der Waals surface area (Å²) in [5.74, 6) is 0.666. The van der Waals surface area contributed by atoms with Crippen molar-refractivity contribution in [1.82, 2.24) is 4.90 Å². The molecule has 2 heteroatoms. The Bertz CT molecular complexity index is 154. The summed E-state index contributed by atoms with van der Waals surface area (Å²) in [6.45, 7) is 14.6. The van der Waals surface area contributed by atoms with Crippen molar-refractivity contribution in [3.05, 3.63) is 25.3 Å². The van der Waals surface area contributed by atoms with Crippen LogP contribution in [-0.2, 0) is 0 Å². The fourth-order valence-electron chi connectivity index (χ4n) is 1.60. The molecule has 2 N–H and O–H groups in total. The molecule has 0 saturated carbocycles. The molecule has 0 aliphatic carbocycles. The molecule has 0 saturated heterocycles. The third kappa shape index (κ3) is 6.87. The minimum absolute atomic E-state index is 0.259. The number of rotatable bonds is 8. The van der Waals surface area contributed by atoms with Crippen LogP contribution in [0.25, 0.3) is 0 Å². The van der Waals surface area contributed by atoms with E-state index in [-0.39, 0.29) is 6.04 Å². The van der Waals surface area contributed by atoms with Crippen LogP contribution < -0.4 is 5.73 Å². The molecule has 0 bridgehead atoms. The Morgan fingerprint density at radius 2 is 1.71 bits per heavy atom. The van der Waals surface area contributed by atoms with Gasteiger partial charge in [0, 0.05) is 25.7 Å². The molecule has 0 amide bonds. The van der Waals surface area contributed by atoms with Gasteiger partial charge in [-0.1, -0.05) is 26.0 Å². The second kappa shape index (κ2) is 7.77. The predicted octanol–water partition coefficient (Wildman–Crippen LogP) is 2.03. The van der Waals surface area contributed by atoms with Crippen LogP contribution in [0.1, 0.15) is 20.3 Å². The normalized spacial score (nSPS) is 13.2. The van der Waals surface area contributed by atoms with E-state index in [9.17, 15) is 0 Å². The van der Waals surface area contributed by atoms with Crippen LogP contribution in [-0.4, -0.2) is 30.6 Å². The van der Waals surface area contributed by atoms with Crippen molar-refractivity contribution in [2.75, 3.05) is 19.6 Å². The van der Waals surface area contributed by atoms with Gasteiger partial charge in [0.1, 0.15) is 0 Å². The first-order valence-electron chi connectivity index (χ1n) is 5.29. The van der Waals surface area contributed by atoms with E-state index in [1.807, 2.05) is 12.2 Å². The molecule has 0 aliphatic heterocycles. The minimum atomic E-state index is 0.259. The Balaban J connectivity index is 3.87. The van der Waals surface area contributed by atoms with E-state index >= 15 is 0 Å². The van der Waals surface area contributed by atoms with E-state index in [0.717, 1.165) is 26.1 Å². The van der Waals surface area contributed by atoms with Gasteiger partial charge in [-0.2, -0.15) is 0 Å². The van der Waals surface area contributed by atoms with Crippen LogP contribution in [0.3, 0.4) is 0 Å². The first-order valence-corrected chi connectivity index (χ1v) is 5.29. The zero-order valence-electron chi connectivity index (χ0n) is 9.58. The van der Waals surface area contributed by atoms with Crippen LogP contribution in [0.5, 0.6) is 0 Å². The summed E-state index contributed by atoms with van der Waals surface area (Å²) < 4.78 is 0. The molecular formula is C12H24N2. The molecule has 0 aromatic heterocycles. The monoisotopic (exact) mass is 196 g/mol. The molecule has 0 aromatic rings. The van der Waals surface area contributed by atoms with Crippen molar-refractivity contribution in [1.29, 1.82) is 0 Å².